The summed E-state index contributed by atoms with van der Waals surface area (Å²) in [5.74, 6) is -0.0605. The average molecular weight is 434 g/mol. The summed E-state index contributed by atoms with van der Waals surface area (Å²) in [7, 11) is 1.86. The second-order valence-electron chi connectivity index (χ2n) is 8.50. The van der Waals surface area contributed by atoms with Crippen molar-refractivity contribution in [2.75, 3.05) is 0 Å². The van der Waals surface area contributed by atoms with Gasteiger partial charge in [0.2, 0.25) is 0 Å². The molecule has 1 saturated carbocycles. The summed E-state index contributed by atoms with van der Waals surface area (Å²) in [6, 6.07) is 6.56. The highest BCUT2D eigenvalue weighted by Crippen LogP contribution is 2.49. The first kappa shape index (κ1) is 19.1. The van der Waals surface area contributed by atoms with Crippen LogP contribution in [0, 0.1) is 28.6 Å². The lowest BCUT2D eigenvalue weighted by atomic mass is 9.67. The summed E-state index contributed by atoms with van der Waals surface area (Å²) in [6.07, 6.45) is 14.1. The normalized spacial score (nSPS) is 19.9. The van der Waals surface area contributed by atoms with Gasteiger partial charge in [-0.05, 0) is 18.9 Å². The third-order valence-corrected chi connectivity index (χ3v) is 6.47. The van der Waals surface area contributed by atoms with Gasteiger partial charge in [0.05, 0.1) is 65.5 Å². The first-order valence-corrected chi connectivity index (χ1v) is 10.5. The molecule has 1 aliphatic carbocycles. The fourth-order valence-corrected chi connectivity index (χ4v) is 4.86. The van der Waals surface area contributed by atoms with Crippen molar-refractivity contribution < 1.29 is 0 Å². The molecule has 0 amide bonds. The number of hydrogen-bond donors (Lipinski definition) is 0. The molecule has 0 spiro atoms. The van der Waals surface area contributed by atoms with E-state index in [1.807, 2.05) is 31.7 Å². The fourth-order valence-electron chi connectivity index (χ4n) is 4.86. The molecule has 0 atom stereocenters. The van der Waals surface area contributed by atoms with Crippen LogP contribution >= 0.6 is 0 Å². The minimum atomic E-state index is -0.461. The van der Waals surface area contributed by atoms with Gasteiger partial charge < -0.3 is 4.57 Å². The Labute approximate surface area is 188 Å². The van der Waals surface area contributed by atoms with E-state index in [4.69, 9.17) is 4.98 Å². The van der Waals surface area contributed by atoms with Gasteiger partial charge in [-0.3, -0.25) is 4.68 Å². The molecule has 5 heterocycles. The first-order valence-electron chi connectivity index (χ1n) is 10.5. The molecule has 0 radical (unpaired) electrons. The molecule has 1 aliphatic rings. The fraction of sp³-hybridized carbons (Fsp3) is 0.261. The van der Waals surface area contributed by atoms with Crippen LogP contribution in [-0.2, 0) is 12.6 Å². The zero-order valence-electron chi connectivity index (χ0n) is 17.8. The van der Waals surface area contributed by atoms with Crippen molar-refractivity contribution in [1.82, 2.24) is 38.9 Å². The van der Waals surface area contributed by atoms with Gasteiger partial charge in [-0.15, -0.1) is 0 Å². The summed E-state index contributed by atoms with van der Waals surface area (Å²) in [4.78, 5) is 13.8. The number of fused-ring (bicyclic) bond motifs is 2. The van der Waals surface area contributed by atoms with Crippen LogP contribution in [0.1, 0.15) is 19.3 Å². The maximum atomic E-state index is 9.55. The predicted octanol–water partition coefficient (Wildman–Crippen LogP) is 3.08. The summed E-state index contributed by atoms with van der Waals surface area (Å²) in [5, 5.41) is 28.5. The quantitative estimate of drug-likeness (QED) is 0.425. The Morgan fingerprint density at radius 2 is 2.03 bits per heavy atom. The van der Waals surface area contributed by atoms with Gasteiger partial charge in [0, 0.05) is 42.2 Å². The van der Waals surface area contributed by atoms with Crippen molar-refractivity contribution in [2.45, 2.75) is 24.8 Å². The number of hydrogen-bond acceptors (Lipinski definition) is 7. The zero-order valence-corrected chi connectivity index (χ0v) is 17.8. The maximum absolute atomic E-state index is 9.55. The van der Waals surface area contributed by atoms with Crippen molar-refractivity contribution in [1.29, 1.82) is 10.5 Å². The zero-order chi connectivity index (χ0) is 22.6. The van der Waals surface area contributed by atoms with Crippen LogP contribution in [0.2, 0.25) is 0 Å². The largest absolute Gasteiger partial charge is 0.324 e. The van der Waals surface area contributed by atoms with Gasteiger partial charge in [-0.25, -0.2) is 19.5 Å². The molecule has 0 saturated heterocycles. The Morgan fingerprint density at radius 1 is 1.15 bits per heavy atom. The molecule has 5 aromatic rings. The van der Waals surface area contributed by atoms with E-state index in [0.717, 1.165) is 39.1 Å². The summed E-state index contributed by atoms with van der Waals surface area (Å²) in [5.41, 5.74) is 4.36. The van der Waals surface area contributed by atoms with Gasteiger partial charge in [0.1, 0.15) is 12.0 Å². The van der Waals surface area contributed by atoms with E-state index in [1.54, 1.807) is 27.8 Å². The molecule has 10 nitrogen and oxygen atoms in total. The van der Waals surface area contributed by atoms with Gasteiger partial charge in [0.15, 0.2) is 0 Å². The standard InChI is InChI=1S/C23H18N10/c1-31-11-16(9-29-31)19-13-33-20(2-5-28-33)21(30-19)18-12-32(22-17(18)10-26-14-27-22)23(3-4-24)6-15(7-23)8-25/h2,5,9-15H,3,6-7H2,1H3/t15-,23-. The molecular weight excluding hydrogens is 416 g/mol. The number of rotatable bonds is 4. The van der Waals surface area contributed by atoms with E-state index in [1.165, 1.54) is 6.33 Å². The van der Waals surface area contributed by atoms with Crippen LogP contribution in [0.5, 0.6) is 0 Å². The lowest BCUT2D eigenvalue weighted by Gasteiger charge is -2.45. The molecule has 6 rings (SSSR count). The molecule has 0 N–H and O–H groups in total. The van der Waals surface area contributed by atoms with Crippen LogP contribution in [0.3, 0.4) is 0 Å². The third-order valence-electron chi connectivity index (χ3n) is 6.47. The van der Waals surface area contributed by atoms with Crippen molar-refractivity contribution in [3.63, 3.8) is 0 Å². The SMILES string of the molecule is Cn1cc(-c2cn3nccc3c(-c3cn([C@]4(CC#N)C[C@@H](C#N)C4)c4ncncc34)n2)cn1. The predicted molar refractivity (Wildman–Crippen MR) is 118 cm³/mol. The molecule has 33 heavy (non-hydrogen) atoms. The Morgan fingerprint density at radius 3 is 2.79 bits per heavy atom. The average Bonchev–Trinajstić information content (AvgIpc) is 3.53. The van der Waals surface area contributed by atoms with Gasteiger partial charge in [0.25, 0.3) is 0 Å². The monoisotopic (exact) mass is 434 g/mol. The molecular formula is C23H18N10. The number of nitriles is 2. The topological polar surface area (TPSA) is 126 Å². The van der Waals surface area contributed by atoms with Crippen LogP contribution in [0.4, 0.5) is 0 Å². The highest BCUT2D eigenvalue weighted by atomic mass is 15.2. The van der Waals surface area contributed by atoms with Crippen LogP contribution in [0.15, 0.2) is 49.6 Å². The lowest BCUT2D eigenvalue weighted by molar-refractivity contribution is 0.108. The van der Waals surface area contributed by atoms with Gasteiger partial charge in [-0.2, -0.15) is 20.7 Å². The van der Waals surface area contributed by atoms with E-state index in [9.17, 15) is 10.5 Å². The molecule has 0 aliphatic heterocycles. The smallest absolute Gasteiger partial charge is 0.144 e. The van der Waals surface area contributed by atoms with Gasteiger partial charge in [-0.1, -0.05) is 0 Å². The highest BCUT2D eigenvalue weighted by molar-refractivity contribution is 5.97. The number of aryl methyl sites for hydroxylation is 1. The molecule has 0 unspecified atom stereocenters. The van der Waals surface area contributed by atoms with E-state index < -0.39 is 5.54 Å². The van der Waals surface area contributed by atoms with E-state index in [2.05, 4.69) is 36.9 Å². The molecule has 0 bridgehead atoms. The summed E-state index contributed by atoms with van der Waals surface area (Å²) < 4.78 is 5.59. The van der Waals surface area contributed by atoms with Crippen molar-refractivity contribution in [2.24, 2.45) is 13.0 Å². The van der Waals surface area contributed by atoms with Crippen molar-refractivity contribution >= 4 is 16.6 Å². The minimum absolute atomic E-state index is 0.0605. The Hall–Kier alpha value is -4.57. The number of aromatic nitrogens is 8. The van der Waals surface area contributed by atoms with Crippen molar-refractivity contribution in [3.8, 4) is 34.7 Å². The maximum Gasteiger partial charge on any atom is 0.144 e. The Kier molecular flexibility index (Phi) is 4.04. The van der Waals surface area contributed by atoms with E-state index in [-0.39, 0.29) is 5.92 Å². The van der Waals surface area contributed by atoms with Crippen LogP contribution < -0.4 is 0 Å². The Balaban J connectivity index is 1.60. The van der Waals surface area contributed by atoms with E-state index in [0.29, 0.717) is 19.3 Å². The van der Waals surface area contributed by atoms with Crippen LogP contribution in [-0.4, -0.2) is 38.9 Å². The molecule has 160 valence electrons. The summed E-state index contributed by atoms with van der Waals surface area (Å²) >= 11 is 0. The lowest BCUT2D eigenvalue weighted by Crippen LogP contribution is -2.45. The van der Waals surface area contributed by atoms with Crippen LogP contribution in [0.25, 0.3) is 39.1 Å². The second kappa shape index (κ2) is 6.97. The number of nitrogens with zero attached hydrogens (tertiary/aromatic N) is 10. The first-order chi connectivity index (χ1) is 16.1. The van der Waals surface area contributed by atoms with Crippen molar-refractivity contribution in [3.05, 3.63) is 49.6 Å². The molecule has 5 aromatic heterocycles. The second-order valence-corrected chi connectivity index (χ2v) is 8.50. The van der Waals surface area contributed by atoms with E-state index >= 15 is 0 Å². The molecule has 0 aromatic carbocycles. The third kappa shape index (κ3) is 2.81. The highest BCUT2D eigenvalue weighted by Gasteiger charge is 2.47. The summed E-state index contributed by atoms with van der Waals surface area (Å²) in [6.45, 7) is 0. The Bertz CT molecular complexity index is 1600. The van der Waals surface area contributed by atoms with Gasteiger partial charge >= 0.3 is 0 Å². The molecule has 1 fully saturated rings. The molecule has 10 heteroatoms. The minimum Gasteiger partial charge on any atom is -0.324 e.